The lowest BCUT2D eigenvalue weighted by Crippen LogP contribution is -2.31. The van der Waals surface area contributed by atoms with Crippen LogP contribution in [0.3, 0.4) is 0 Å². The summed E-state index contributed by atoms with van der Waals surface area (Å²) in [6, 6.07) is 6.26. The third-order valence-electron chi connectivity index (χ3n) is 2.27. The van der Waals surface area contributed by atoms with Gasteiger partial charge in [0, 0.05) is 11.3 Å². The van der Waals surface area contributed by atoms with E-state index in [9.17, 15) is 13.5 Å². The zero-order chi connectivity index (χ0) is 12.3. The number of benzene rings is 1. The maximum atomic E-state index is 11.3. The van der Waals surface area contributed by atoms with Crippen LogP contribution in [0.5, 0.6) is 0 Å². The molecule has 0 radical (unpaired) electrons. The molecule has 16 heavy (non-hydrogen) atoms. The molecule has 0 aliphatic rings. The van der Waals surface area contributed by atoms with Crippen molar-refractivity contribution in [1.82, 2.24) is 0 Å². The molecule has 0 aliphatic carbocycles. The Hall–Kier alpha value is -0.620. The molecule has 0 aliphatic heterocycles. The molecular formula is C10H13ClO4S. The molecule has 4 nitrogen and oxygen atoms in total. The average Bonchev–Trinajstić information content (AvgIpc) is 2.16. The standard InChI is InChI=1S/C10H13ClO4S/c1-16(14,15)9(6-12)10(13)7-3-2-4-8(11)5-7/h2-5,9-10,12-13H,6H2,1H3/t9-,10+/m0/s1. The molecule has 6 heteroatoms. The minimum Gasteiger partial charge on any atom is -0.395 e. The van der Waals surface area contributed by atoms with E-state index in [1.54, 1.807) is 18.2 Å². The van der Waals surface area contributed by atoms with Crippen molar-refractivity contribution in [3.63, 3.8) is 0 Å². The van der Waals surface area contributed by atoms with Gasteiger partial charge in [-0.05, 0) is 17.7 Å². The van der Waals surface area contributed by atoms with Gasteiger partial charge in [-0.1, -0.05) is 23.7 Å². The molecule has 1 aromatic carbocycles. The molecule has 0 aromatic heterocycles. The lowest BCUT2D eigenvalue weighted by Gasteiger charge is -2.19. The van der Waals surface area contributed by atoms with E-state index in [-0.39, 0.29) is 0 Å². The topological polar surface area (TPSA) is 74.6 Å². The van der Waals surface area contributed by atoms with Crippen molar-refractivity contribution >= 4 is 21.4 Å². The SMILES string of the molecule is CS(=O)(=O)[C@@H](CO)[C@H](O)c1cccc(Cl)c1. The van der Waals surface area contributed by atoms with Crippen LogP contribution >= 0.6 is 11.6 Å². The minimum atomic E-state index is -3.52. The molecular weight excluding hydrogens is 252 g/mol. The Morgan fingerprint density at radius 3 is 2.50 bits per heavy atom. The van der Waals surface area contributed by atoms with Crippen LogP contribution < -0.4 is 0 Å². The lowest BCUT2D eigenvalue weighted by molar-refractivity contribution is 0.138. The van der Waals surface area contributed by atoms with Crippen molar-refractivity contribution in [3.05, 3.63) is 34.9 Å². The number of halogens is 1. The van der Waals surface area contributed by atoms with Crippen molar-refractivity contribution in [2.75, 3.05) is 12.9 Å². The molecule has 1 rings (SSSR count). The monoisotopic (exact) mass is 264 g/mol. The molecule has 1 aromatic rings. The number of hydrogen-bond donors (Lipinski definition) is 2. The highest BCUT2D eigenvalue weighted by molar-refractivity contribution is 7.91. The largest absolute Gasteiger partial charge is 0.395 e. The first-order valence-electron chi connectivity index (χ1n) is 4.59. The highest BCUT2D eigenvalue weighted by Crippen LogP contribution is 2.23. The summed E-state index contributed by atoms with van der Waals surface area (Å²) in [6.07, 6.45) is -0.305. The highest BCUT2D eigenvalue weighted by atomic mass is 35.5. The molecule has 0 heterocycles. The maximum absolute atomic E-state index is 11.3. The molecule has 0 bridgehead atoms. The van der Waals surface area contributed by atoms with Gasteiger partial charge in [0.25, 0.3) is 0 Å². The summed E-state index contributed by atoms with van der Waals surface area (Å²) < 4.78 is 22.6. The Kier molecular flexibility index (Phi) is 4.32. The van der Waals surface area contributed by atoms with Gasteiger partial charge in [0.15, 0.2) is 9.84 Å². The molecule has 0 spiro atoms. The van der Waals surface area contributed by atoms with E-state index in [1.165, 1.54) is 6.07 Å². The van der Waals surface area contributed by atoms with Crippen molar-refractivity contribution < 1.29 is 18.6 Å². The second kappa shape index (κ2) is 5.14. The maximum Gasteiger partial charge on any atom is 0.155 e. The fraction of sp³-hybridized carbons (Fsp3) is 0.400. The molecule has 0 amide bonds. The van der Waals surface area contributed by atoms with E-state index < -0.39 is 27.8 Å². The summed E-state index contributed by atoms with van der Waals surface area (Å²) in [5, 5.41) is 18.0. The van der Waals surface area contributed by atoms with Gasteiger partial charge in [-0.25, -0.2) is 8.42 Å². The predicted octanol–water partition coefficient (Wildman–Crippen LogP) is 0.779. The summed E-state index contributed by atoms with van der Waals surface area (Å²) in [6.45, 7) is -0.632. The normalized spacial score (nSPS) is 15.8. The van der Waals surface area contributed by atoms with Crippen LogP contribution in [0.15, 0.2) is 24.3 Å². The minimum absolute atomic E-state index is 0.372. The Bertz CT molecular complexity index is 458. The second-order valence-corrected chi connectivity index (χ2v) is 6.25. The summed E-state index contributed by atoms with van der Waals surface area (Å²) >= 11 is 5.73. The van der Waals surface area contributed by atoms with E-state index >= 15 is 0 Å². The molecule has 0 saturated carbocycles. The predicted molar refractivity (Wildman–Crippen MR) is 62.1 cm³/mol. The van der Waals surface area contributed by atoms with Crippen LogP contribution in [-0.2, 0) is 9.84 Å². The smallest absolute Gasteiger partial charge is 0.155 e. The van der Waals surface area contributed by atoms with Gasteiger partial charge >= 0.3 is 0 Å². The first-order valence-corrected chi connectivity index (χ1v) is 6.92. The molecule has 0 saturated heterocycles. The number of aliphatic hydroxyl groups excluding tert-OH is 2. The van der Waals surface area contributed by atoms with Crippen molar-refractivity contribution in [2.24, 2.45) is 0 Å². The summed E-state index contributed by atoms with van der Waals surface area (Å²) in [7, 11) is -3.52. The summed E-state index contributed by atoms with van der Waals surface area (Å²) in [5.41, 5.74) is 0.372. The van der Waals surface area contributed by atoms with Crippen molar-refractivity contribution in [1.29, 1.82) is 0 Å². The Labute approximate surface area is 99.4 Å². The number of aliphatic hydroxyl groups is 2. The van der Waals surface area contributed by atoms with Gasteiger partial charge in [-0.15, -0.1) is 0 Å². The first kappa shape index (κ1) is 13.4. The fourth-order valence-corrected chi connectivity index (χ4v) is 2.47. The summed E-state index contributed by atoms with van der Waals surface area (Å²) in [4.78, 5) is 0. The van der Waals surface area contributed by atoms with Crippen LogP contribution in [0, 0.1) is 0 Å². The quantitative estimate of drug-likeness (QED) is 0.843. The zero-order valence-electron chi connectivity index (χ0n) is 8.67. The van der Waals surface area contributed by atoms with E-state index in [0.717, 1.165) is 6.26 Å². The second-order valence-electron chi connectivity index (χ2n) is 3.55. The summed E-state index contributed by atoms with van der Waals surface area (Å²) in [5.74, 6) is 0. The van der Waals surface area contributed by atoms with Gasteiger partial charge < -0.3 is 10.2 Å². The van der Waals surface area contributed by atoms with Crippen LogP contribution in [0.4, 0.5) is 0 Å². The molecule has 2 N–H and O–H groups in total. The third kappa shape index (κ3) is 3.18. The lowest BCUT2D eigenvalue weighted by atomic mass is 10.1. The molecule has 0 fully saturated rings. The fourth-order valence-electron chi connectivity index (χ4n) is 1.37. The zero-order valence-corrected chi connectivity index (χ0v) is 10.2. The van der Waals surface area contributed by atoms with Crippen LogP contribution in [0.1, 0.15) is 11.7 Å². The van der Waals surface area contributed by atoms with Crippen LogP contribution in [0.25, 0.3) is 0 Å². The number of hydrogen-bond acceptors (Lipinski definition) is 4. The van der Waals surface area contributed by atoms with Gasteiger partial charge in [0.1, 0.15) is 5.25 Å². The highest BCUT2D eigenvalue weighted by Gasteiger charge is 2.29. The van der Waals surface area contributed by atoms with E-state index in [4.69, 9.17) is 16.7 Å². The molecule has 0 unspecified atom stereocenters. The number of sulfone groups is 1. The average molecular weight is 265 g/mol. The van der Waals surface area contributed by atoms with E-state index in [1.807, 2.05) is 0 Å². The van der Waals surface area contributed by atoms with Crippen LogP contribution in [-0.4, -0.2) is 36.7 Å². The molecule has 90 valence electrons. The Balaban J connectivity index is 3.05. The third-order valence-corrected chi connectivity index (χ3v) is 4.01. The molecule has 2 atom stereocenters. The Morgan fingerprint density at radius 2 is 2.06 bits per heavy atom. The van der Waals surface area contributed by atoms with E-state index in [0.29, 0.717) is 10.6 Å². The number of rotatable bonds is 4. The van der Waals surface area contributed by atoms with Crippen molar-refractivity contribution in [2.45, 2.75) is 11.4 Å². The van der Waals surface area contributed by atoms with Crippen molar-refractivity contribution in [3.8, 4) is 0 Å². The van der Waals surface area contributed by atoms with E-state index in [2.05, 4.69) is 0 Å². The van der Waals surface area contributed by atoms with Gasteiger partial charge in [-0.2, -0.15) is 0 Å². The van der Waals surface area contributed by atoms with Gasteiger partial charge in [-0.3, -0.25) is 0 Å². The van der Waals surface area contributed by atoms with Crippen LogP contribution in [0.2, 0.25) is 5.02 Å². The van der Waals surface area contributed by atoms with Gasteiger partial charge in [0.05, 0.1) is 12.7 Å². The Morgan fingerprint density at radius 1 is 1.44 bits per heavy atom. The first-order chi connectivity index (χ1) is 7.36. The van der Waals surface area contributed by atoms with Gasteiger partial charge in [0.2, 0.25) is 0 Å².